The lowest BCUT2D eigenvalue weighted by molar-refractivity contribution is 0.0816. The molecule has 0 bridgehead atoms. The molecule has 1 atom stereocenters. The maximum atomic E-state index is 9.85. The minimum Gasteiger partial charge on any atom is -0.389 e. The molecule has 1 aromatic carbocycles. The van der Waals surface area contributed by atoms with Crippen LogP contribution in [0.3, 0.4) is 0 Å². The topological polar surface area (TPSA) is 20.2 Å². The number of benzene rings is 1. The van der Waals surface area contributed by atoms with E-state index in [-0.39, 0.29) is 0 Å². The highest BCUT2D eigenvalue weighted by molar-refractivity contribution is 7.98. The van der Waals surface area contributed by atoms with Crippen molar-refractivity contribution in [2.75, 3.05) is 5.75 Å². The summed E-state index contributed by atoms with van der Waals surface area (Å²) < 4.78 is 0. The molecule has 0 fully saturated rings. The Kier molecular flexibility index (Phi) is 4.68. The molecular formula is C13H20OS. The molecule has 0 aromatic heterocycles. The zero-order chi connectivity index (χ0) is 11.3. The minimum absolute atomic E-state index is 0.520. The first kappa shape index (κ1) is 12.6. The van der Waals surface area contributed by atoms with Crippen LogP contribution in [-0.4, -0.2) is 16.5 Å². The highest BCUT2D eigenvalue weighted by Gasteiger charge is 2.16. The van der Waals surface area contributed by atoms with Gasteiger partial charge in [-0.3, -0.25) is 0 Å². The average Bonchev–Trinajstić information content (AvgIpc) is 2.21. The zero-order valence-corrected chi connectivity index (χ0v) is 10.6. The van der Waals surface area contributed by atoms with Crippen LogP contribution >= 0.6 is 11.8 Å². The van der Waals surface area contributed by atoms with Crippen molar-refractivity contribution >= 4 is 11.8 Å². The second-order valence-corrected chi connectivity index (χ2v) is 5.26. The molecule has 1 aromatic rings. The first-order chi connectivity index (χ1) is 7.05. The zero-order valence-electron chi connectivity index (χ0n) is 9.79. The highest BCUT2D eigenvalue weighted by atomic mass is 32.2. The summed E-state index contributed by atoms with van der Waals surface area (Å²) in [6.07, 6.45) is 0.813. The number of hydrogen-bond acceptors (Lipinski definition) is 2. The molecule has 0 amide bonds. The van der Waals surface area contributed by atoms with E-state index < -0.39 is 5.60 Å². The maximum absolute atomic E-state index is 9.85. The summed E-state index contributed by atoms with van der Waals surface area (Å²) >= 11 is 1.80. The monoisotopic (exact) mass is 224 g/mol. The Hall–Kier alpha value is -0.470. The van der Waals surface area contributed by atoms with E-state index in [0.717, 1.165) is 17.9 Å². The number of aliphatic hydroxyl groups is 1. The van der Waals surface area contributed by atoms with Gasteiger partial charge in [0.15, 0.2) is 0 Å². The van der Waals surface area contributed by atoms with Gasteiger partial charge in [0, 0.05) is 11.5 Å². The van der Waals surface area contributed by atoms with Crippen LogP contribution in [0.1, 0.15) is 31.4 Å². The van der Waals surface area contributed by atoms with Crippen molar-refractivity contribution in [2.45, 2.75) is 38.5 Å². The van der Waals surface area contributed by atoms with E-state index in [4.69, 9.17) is 0 Å². The Morgan fingerprint density at radius 2 is 2.00 bits per heavy atom. The minimum atomic E-state index is -0.520. The van der Waals surface area contributed by atoms with Crippen LogP contribution in [0, 0.1) is 6.92 Å². The Labute approximate surface area is 96.9 Å². The third-order valence-electron chi connectivity index (χ3n) is 2.69. The standard InChI is InChI=1S/C13H20OS/c1-4-13(3,14)10-15-9-12-8-6-5-7-11(12)2/h5-8,14H,4,9-10H2,1-3H3. The van der Waals surface area contributed by atoms with Gasteiger partial charge in [0.05, 0.1) is 5.60 Å². The second-order valence-electron chi connectivity index (χ2n) is 4.27. The largest absolute Gasteiger partial charge is 0.389 e. The third-order valence-corrected chi connectivity index (χ3v) is 4.03. The second kappa shape index (κ2) is 5.57. The quantitative estimate of drug-likeness (QED) is 0.827. The number of aryl methyl sites for hydroxylation is 1. The molecule has 2 heteroatoms. The lowest BCUT2D eigenvalue weighted by Gasteiger charge is -2.20. The van der Waals surface area contributed by atoms with E-state index in [1.807, 2.05) is 13.8 Å². The van der Waals surface area contributed by atoms with Gasteiger partial charge >= 0.3 is 0 Å². The van der Waals surface area contributed by atoms with Crippen molar-refractivity contribution in [2.24, 2.45) is 0 Å². The van der Waals surface area contributed by atoms with Gasteiger partial charge in [-0.1, -0.05) is 31.2 Å². The van der Waals surface area contributed by atoms with Gasteiger partial charge in [-0.2, -0.15) is 11.8 Å². The van der Waals surface area contributed by atoms with Gasteiger partial charge in [0.25, 0.3) is 0 Å². The van der Waals surface area contributed by atoms with E-state index in [0.29, 0.717) is 0 Å². The van der Waals surface area contributed by atoms with Crippen molar-refractivity contribution in [3.8, 4) is 0 Å². The van der Waals surface area contributed by atoms with Crippen molar-refractivity contribution < 1.29 is 5.11 Å². The molecule has 84 valence electrons. The Morgan fingerprint density at radius 3 is 2.60 bits per heavy atom. The average molecular weight is 224 g/mol. The predicted octanol–water partition coefficient (Wildman–Crippen LogP) is 3.39. The van der Waals surface area contributed by atoms with Crippen LogP contribution in [0.25, 0.3) is 0 Å². The highest BCUT2D eigenvalue weighted by Crippen LogP contribution is 2.21. The Morgan fingerprint density at radius 1 is 1.33 bits per heavy atom. The van der Waals surface area contributed by atoms with Gasteiger partial charge in [0.2, 0.25) is 0 Å². The predicted molar refractivity (Wildman–Crippen MR) is 68.3 cm³/mol. The first-order valence-electron chi connectivity index (χ1n) is 5.40. The van der Waals surface area contributed by atoms with Gasteiger partial charge < -0.3 is 5.11 Å². The summed E-state index contributed by atoms with van der Waals surface area (Å²) in [5.41, 5.74) is 2.18. The molecule has 0 spiro atoms. The molecule has 1 nitrogen and oxygen atoms in total. The van der Waals surface area contributed by atoms with Gasteiger partial charge in [-0.15, -0.1) is 0 Å². The van der Waals surface area contributed by atoms with Crippen molar-refractivity contribution in [1.82, 2.24) is 0 Å². The number of rotatable bonds is 5. The fraction of sp³-hybridized carbons (Fsp3) is 0.538. The maximum Gasteiger partial charge on any atom is 0.0707 e. The molecule has 0 saturated heterocycles. The molecular weight excluding hydrogens is 204 g/mol. The van der Waals surface area contributed by atoms with Crippen LogP contribution < -0.4 is 0 Å². The first-order valence-corrected chi connectivity index (χ1v) is 6.55. The molecule has 0 saturated carbocycles. The summed E-state index contributed by atoms with van der Waals surface area (Å²) in [4.78, 5) is 0. The summed E-state index contributed by atoms with van der Waals surface area (Å²) in [5, 5.41) is 9.85. The molecule has 0 heterocycles. The van der Waals surface area contributed by atoms with Crippen LogP contribution in [0.5, 0.6) is 0 Å². The molecule has 1 rings (SSSR count). The summed E-state index contributed by atoms with van der Waals surface area (Å²) in [5.74, 6) is 1.79. The Balaban J connectivity index is 2.42. The van der Waals surface area contributed by atoms with E-state index in [9.17, 15) is 5.11 Å². The number of thioether (sulfide) groups is 1. The molecule has 0 aliphatic carbocycles. The summed E-state index contributed by atoms with van der Waals surface area (Å²) in [6, 6.07) is 8.42. The van der Waals surface area contributed by atoms with Gasteiger partial charge in [0.1, 0.15) is 0 Å². The smallest absolute Gasteiger partial charge is 0.0707 e. The van der Waals surface area contributed by atoms with Crippen molar-refractivity contribution in [3.05, 3.63) is 35.4 Å². The lowest BCUT2D eigenvalue weighted by atomic mass is 10.1. The molecule has 15 heavy (non-hydrogen) atoms. The lowest BCUT2D eigenvalue weighted by Crippen LogP contribution is -2.25. The normalized spacial score (nSPS) is 14.9. The van der Waals surface area contributed by atoms with E-state index in [1.54, 1.807) is 11.8 Å². The molecule has 1 N–H and O–H groups in total. The Bertz CT molecular complexity index is 307. The third kappa shape index (κ3) is 4.27. The van der Waals surface area contributed by atoms with Crippen LogP contribution in [0.2, 0.25) is 0 Å². The molecule has 0 aliphatic rings. The molecule has 1 unspecified atom stereocenters. The summed E-state index contributed by atoms with van der Waals surface area (Å²) in [6.45, 7) is 6.06. The fourth-order valence-electron chi connectivity index (χ4n) is 1.25. The number of hydrogen-bond donors (Lipinski definition) is 1. The molecule has 0 aliphatic heterocycles. The summed E-state index contributed by atoms with van der Waals surface area (Å²) in [7, 11) is 0. The van der Waals surface area contributed by atoms with Crippen LogP contribution in [0.15, 0.2) is 24.3 Å². The van der Waals surface area contributed by atoms with Gasteiger partial charge in [-0.05, 0) is 31.4 Å². The van der Waals surface area contributed by atoms with E-state index in [2.05, 4.69) is 31.2 Å². The van der Waals surface area contributed by atoms with Crippen molar-refractivity contribution in [3.63, 3.8) is 0 Å². The van der Waals surface area contributed by atoms with E-state index >= 15 is 0 Å². The van der Waals surface area contributed by atoms with Crippen LogP contribution in [-0.2, 0) is 5.75 Å². The van der Waals surface area contributed by atoms with E-state index in [1.165, 1.54) is 11.1 Å². The van der Waals surface area contributed by atoms with Crippen LogP contribution in [0.4, 0.5) is 0 Å². The fourth-order valence-corrected chi connectivity index (χ4v) is 2.54. The van der Waals surface area contributed by atoms with Gasteiger partial charge in [-0.25, -0.2) is 0 Å². The van der Waals surface area contributed by atoms with Crippen molar-refractivity contribution in [1.29, 1.82) is 0 Å². The molecule has 0 radical (unpaired) electrons. The SMILES string of the molecule is CCC(C)(O)CSCc1ccccc1C.